The van der Waals surface area contributed by atoms with Crippen LogP contribution in [0.5, 0.6) is 0 Å². The van der Waals surface area contributed by atoms with Gasteiger partial charge in [0.15, 0.2) is 0 Å². The van der Waals surface area contributed by atoms with Crippen LogP contribution in [-0.2, 0) is 9.47 Å². The molecule has 1 heterocycles. The lowest BCUT2D eigenvalue weighted by atomic mass is 10.0. The maximum atomic E-state index is 12.0. The van der Waals surface area contributed by atoms with Crippen LogP contribution in [0.25, 0.3) is 0 Å². The smallest absolute Gasteiger partial charge is 0.410 e. The first-order valence-corrected chi connectivity index (χ1v) is 7.06. The molecular formula is C13H22ClNO4. The predicted octanol–water partition coefficient (Wildman–Crippen LogP) is 3.54. The van der Waals surface area contributed by atoms with Gasteiger partial charge in [0.2, 0.25) is 0 Å². The van der Waals surface area contributed by atoms with E-state index in [0.717, 1.165) is 12.8 Å². The number of halogens is 1. The van der Waals surface area contributed by atoms with Crippen molar-refractivity contribution in [2.24, 2.45) is 0 Å². The molecule has 0 saturated carbocycles. The Hall–Kier alpha value is -0.970. The second kappa shape index (κ2) is 6.98. The van der Waals surface area contributed by atoms with E-state index in [1.165, 1.54) is 0 Å². The second-order valence-electron chi connectivity index (χ2n) is 5.42. The van der Waals surface area contributed by atoms with E-state index in [9.17, 15) is 9.59 Å². The highest BCUT2D eigenvalue weighted by molar-refractivity contribution is 6.61. The number of rotatable bonds is 4. The molecule has 0 N–H and O–H groups in total. The molecule has 1 rings (SSSR count). The molecular weight excluding hydrogens is 270 g/mol. The third-order valence-electron chi connectivity index (χ3n) is 3.18. The van der Waals surface area contributed by atoms with Gasteiger partial charge in [-0.3, -0.25) is 0 Å². The molecule has 1 aliphatic heterocycles. The number of amides is 1. The predicted molar refractivity (Wildman–Crippen MR) is 72.4 cm³/mol. The molecule has 19 heavy (non-hydrogen) atoms. The van der Waals surface area contributed by atoms with E-state index >= 15 is 0 Å². The van der Waals surface area contributed by atoms with Crippen molar-refractivity contribution in [1.82, 2.24) is 4.90 Å². The maximum absolute atomic E-state index is 12.0. The number of ether oxygens (including phenoxy) is 2. The van der Waals surface area contributed by atoms with Gasteiger partial charge < -0.3 is 14.4 Å². The van der Waals surface area contributed by atoms with Crippen molar-refractivity contribution in [3.63, 3.8) is 0 Å². The van der Waals surface area contributed by atoms with Crippen LogP contribution in [0, 0.1) is 0 Å². The topological polar surface area (TPSA) is 55.8 Å². The molecule has 1 aliphatic rings. The molecule has 0 spiro atoms. The minimum absolute atomic E-state index is 0.197. The average Bonchev–Trinajstić information content (AvgIpc) is 2.28. The lowest BCUT2D eigenvalue weighted by Crippen LogP contribution is -2.44. The van der Waals surface area contributed by atoms with E-state index in [0.29, 0.717) is 25.9 Å². The molecule has 0 radical (unpaired) electrons. The monoisotopic (exact) mass is 291 g/mol. The fraction of sp³-hybridized carbons (Fsp3) is 0.846. The SMILES string of the molecule is CCCC(C)(C)OC(=O)N1CCC(OC(=O)Cl)CC1. The van der Waals surface area contributed by atoms with Gasteiger partial charge >= 0.3 is 11.5 Å². The van der Waals surface area contributed by atoms with Crippen molar-refractivity contribution < 1.29 is 19.1 Å². The lowest BCUT2D eigenvalue weighted by Gasteiger charge is -2.33. The Bertz CT molecular complexity index is 325. The third-order valence-corrected chi connectivity index (χ3v) is 3.26. The Morgan fingerprint density at radius 1 is 1.32 bits per heavy atom. The number of nitrogens with zero attached hydrogens (tertiary/aromatic N) is 1. The van der Waals surface area contributed by atoms with Gasteiger partial charge in [-0.2, -0.15) is 0 Å². The summed E-state index contributed by atoms with van der Waals surface area (Å²) in [4.78, 5) is 24.3. The average molecular weight is 292 g/mol. The van der Waals surface area contributed by atoms with E-state index in [1.54, 1.807) is 4.90 Å². The fourth-order valence-corrected chi connectivity index (χ4v) is 2.37. The summed E-state index contributed by atoms with van der Waals surface area (Å²) in [6.07, 6.45) is 2.50. The Balaban J connectivity index is 2.38. The maximum Gasteiger partial charge on any atom is 0.410 e. The van der Waals surface area contributed by atoms with Gasteiger partial charge in [-0.25, -0.2) is 9.59 Å². The van der Waals surface area contributed by atoms with Crippen LogP contribution in [0.15, 0.2) is 0 Å². The van der Waals surface area contributed by atoms with E-state index in [4.69, 9.17) is 21.1 Å². The number of hydrogen-bond donors (Lipinski definition) is 0. The number of carbonyl (C=O) groups excluding carboxylic acids is 2. The van der Waals surface area contributed by atoms with Crippen molar-refractivity contribution in [2.45, 2.75) is 58.2 Å². The first kappa shape index (κ1) is 16.1. The molecule has 1 fully saturated rings. The summed E-state index contributed by atoms with van der Waals surface area (Å²) in [5.74, 6) is 0. The minimum Gasteiger partial charge on any atom is -0.450 e. The van der Waals surface area contributed by atoms with E-state index in [2.05, 4.69) is 6.92 Å². The number of hydrogen-bond acceptors (Lipinski definition) is 4. The van der Waals surface area contributed by atoms with Gasteiger partial charge in [0.05, 0.1) is 0 Å². The first-order chi connectivity index (χ1) is 8.84. The van der Waals surface area contributed by atoms with Crippen LogP contribution in [0.1, 0.15) is 46.5 Å². The van der Waals surface area contributed by atoms with Gasteiger partial charge in [0.25, 0.3) is 0 Å². The van der Waals surface area contributed by atoms with Crippen LogP contribution in [0.2, 0.25) is 0 Å². The zero-order valence-electron chi connectivity index (χ0n) is 11.8. The van der Waals surface area contributed by atoms with Gasteiger partial charge in [0.1, 0.15) is 11.7 Å². The van der Waals surface area contributed by atoms with Gasteiger partial charge in [-0.1, -0.05) is 13.3 Å². The molecule has 1 amide bonds. The number of likely N-dealkylation sites (tertiary alicyclic amines) is 1. The summed E-state index contributed by atoms with van der Waals surface area (Å²) < 4.78 is 10.4. The van der Waals surface area contributed by atoms with Crippen LogP contribution >= 0.6 is 11.6 Å². The molecule has 0 aliphatic carbocycles. The fourth-order valence-electron chi connectivity index (χ4n) is 2.24. The molecule has 6 heteroatoms. The number of piperidine rings is 1. The second-order valence-corrected chi connectivity index (χ2v) is 5.73. The van der Waals surface area contributed by atoms with Gasteiger partial charge in [-0.05, 0) is 20.3 Å². The molecule has 110 valence electrons. The normalized spacial score (nSPS) is 17.2. The molecule has 0 unspecified atom stereocenters. The lowest BCUT2D eigenvalue weighted by molar-refractivity contribution is -0.00397. The molecule has 0 bridgehead atoms. The quantitative estimate of drug-likeness (QED) is 0.743. The zero-order chi connectivity index (χ0) is 14.5. The van der Waals surface area contributed by atoms with Crippen molar-refractivity contribution >= 4 is 23.1 Å². The van der Waals surface area contributed by atoms with Crippen LogP contribution < -0.4 is 0 Å². The summed E-state index contributed by atoms with van der Waals surface area (Å²) in [5.41, 5.74) is -1.23. The van der Waals surface area contributed by atoms with Crippen LogP contribution in [-0.4, -0.2) is 41.2 Å². The van der Waals surface area contributed by atoms with Crippen molar-refractivity contribution in [3.8, 4) is 0 Å². The van der Waals surface area contributed by atoms with Crippen LogP contribution in [0.3, 0.4) is 0 Å². The van der Waals surface area contributed by atoms with Crippen molar-refractivity contribution in [1.29, 1.82) is 0 Å². The Morgan fingerprint density at radius 2 is 1.89 bits per heavy atom. The summed E-state index contributed by atoms with van der Waals surface area (Å²) >= 11 is 5.17. The zero-order valence-corrected chi connectivity index (χ0v) is 12.5. The molecule has 1 saturated heterocycles. The van der Waals surface area contributed by atoms with Gasteiger partial charge in [0, 0.05) is 37.5 Å². The largest absolute Gasteiger partial charge is 0.450 e. The molecule has 0 aromatic rings. The Labute approximate surface area is 119 Å². The highest BCUT2D eigenvalue weighted by Crippen LogP contribution is 2.21. The summed E-state index contributed by atoms with van der Waals surface area (Å²) in [6, 6.07) is 0. The van der Waals surface area contributed by atoms with Gasteiger partial charge in [-0.15, -0.1) is 0 Å². The highest BCUT2D eigenvalue weighted by atomic mass is 35.5. The molecule has 0 aromatic carbocycles. The Morgan fingerprint density at radius 3 is 2.37 bits per heavy atom. The van der Waals surface area contributed by atoms with Crippen molar-refractivity contribution in [2.75, 3.05) is 13.1 Å². The van der Waals surface area contributed by atoms with E-state index in [1.807, 2.05) is 13.8 Å². The standard InChI is InChI=1S/C13H22ClNO4/c1-4-7-13(2,3)19-12(17)15-8-5-10(6-9-15)18-11(14)16/h10H,4-9H2,1-3H3. The summed E-state index contributed by atoms with van der Waals surface area (Å²) in [7, 11) is 0. The van der Waals surface area contributed by atoms with Crippen LogP contribution in [0.4, 0.5) is 9.59 Å². The summed E-state index contributed by atoms with van der Waals surface area (Å²) in [5, 5.41) is 0. The van der Waals surface area contributed by atoms with E-state index < -0.39 is 11.0 Å². The Kier molecular flexibility index (Phi) is 5.91. The van der Waals surface area contributed by atoms with E-state index in [-0.39, 0.29) is 12.2 Å². The molecule has 0 atom stereocenters. The van der Waals surface area contributed by atoms with Crippen molar-refractivity contribution in [3.05, 3.63) is 0 Å². The highest BCUT2D eigenvalue weighted by Gasteiger charge is 2.29. The third kappa shape index (κ3) is 5.68. The summed E-state index contributed by atoms with van der Waals surface area (Å²) in [6.45, 7) is 6.93. The molecule has 5 nitrogen and oxygen atoms in total. The first-order valence-electron chi connectivity index (χ1n) is 6.68. The molecule has 0 aromatic heterocycles. The minimum atomic E-state index is -0.787. The number of carbonyl (C=O) groups is 2.